The lowest BCUT2D eigenvalue weighted by atomic mass is 10.2. The van der Waals surface area contributed by atoms with E-state index in [2.05, 4.69) is 17.3 Å². The highest BCUT2D eigenvalue weighted by Gasteiger charge is 2.24. The second-order valence-electron chi connectivity index (χ2n) is 5.93. The molecule has 0 aromatic rings. The van der Waals surface area contributed by atoms with Gasteiger partial charge in [0.1, 0.15) is 0 Å². The molecule has 2 saturated carbocycles. The Bertz CT molecular complexity index is 230. The Morgan fingerprint density at radius 3 is 2.67 bits per heavy atom. The summed E-state index contributed by atoms with van der Waals surface area (Å²) in [5.41, 5.74) is 0. The lowest BCUT2D eigenvalue weighted by molar-refractivity contribution is 0.101. The number of nitrogens with zero attached hydrogens (tertiary/aromatic N) is 1. The van der Waals surface area contributed by atoms with Crippen molar-refractivity contribution >= 4 is 0 Å². The number of likely N-dealkylation sites (N-methyl/N-ethyl adjacent to an activating group) is 1. The Labute approximate surface area is 111 Å². The number of hydrogen-bond donors (Lipinski definition) is 2. The van der Waals surface area contributed by atoms with E-state index in [0.29, 0.717) is 6.04 Å². The molecular weight excluding hydrogens is 228 g/mol. The van der Waals surface area contributed by atoms with Crippen LogP contribution in [0.4, 0.5) is 0 Å². The first-order valence-corrected chi connectivity index (χ1v) is 7.41. The van der Waals surface area contributed by atoms with Crippen LogP contribution in [0.3, 0.4) is 0 Å². The maximum absolute atomic E-state index is 9.29. The second kappa shape index (κ2) is 7.43. The van der Waals surface area contributed by atoms with Crippen LogP contribution in [0.25, 0.3) is 0 Å². The van der Waals surface area contributed by atoms with Crippen molar-refractivity contribution in [2.24, 2.45) is 5.92 Å². The van der Waals surface area contributed by atoms with Crippen LogP contribution < -0.4 is 5.32 Å². The monoisotopic (exact) mass is 256 g/mol. The molecule has 1 atom stereocenters. The minimum Gasteiger partial charge on any atom is -0.395 e. The summed E-state index contributed by atoms with van der Waals surface area (Å²) in [5.74, 6) is 0.858. The number of aliphatic hydroxyl groups is 1. The van der Waals surface area contributed by atoms with Crippen LogP contribution in [-0.2, 0) is 4.74 Å². The van der Waals surface area contributed by atoms with Gasteiger partial charge in [0.15, 0.2) is 0 Å². The standard InChI is InChI=1S/C14H28N2O2/c1-16(8-9-18-11-12-2-3-12)7-6-14(10-17)15-13-4-5-13/h12-15,17H,2-11H2,1H3. The Kier molecular flexibility index (Phi) is 5.89. The van der Waals surface area contributed by atoms with Crippen molar-refractivity contribution in [2.45, 2.75) is 44.2 Å². The third kappa shape index (κ3) is 6.14. The summed E-state index contributed by atoms with van der Waals surface area (Å²) in [6, 6.07) is 0.946. The number of rotatable bonds is 11. The van der Waals surface area contributed by atoms with E-state index < -0.39 is 0 Å². The molecule has 0 bridgehead atoms. The zero-order valence-corrected chi connectivity index (χ0v) is 11.6. The van der Waals surface area contributed by atoms with Gasteiger partial charge in [0, 0.05) is 25.2 Å². The van der Waals surface area contributed by atoms with E-state index >= 15 is 0 Å². The third-order valence-electron chi connectivity index (χ3n) is 3.80. The first-order valence-electron chi connectivity index (χ1n) is 7.41. The first kappa shape index (κ1) is 14.3. The zero-order chi connectivity index (χ0) is 12.8. The molecule has 2 rings (SSSR count). The summed E-state index contributed by atoms with van der Waals surface area (Å²) in [4.78, 5) is 2.30. The molecule has 0 aromatic carbocycles. The maximum Gasteiger partial charge on any atom is 0.0593 e. The van der Waals surface area contributed by atoms with Crippen LogP contribution in [0.15, 0.2) is 0 Å². The van der Waals surface area contributed by atoms with Crippen LogP contribution in [0.1, 0.15) is 32.1 Å². The highest BCUT2D eigenvalue weighted by molar-refractivity contribution is 4.84. The second-order valence-corrected chi connectivity index (χ2v) is 5.93. The fourth-order valence-electron chi connectivity index (χ4n) is 2.05. The number of ether oxygens (including phenoxy) is 1. The minimum absolute atomic E-state index is 0.252. The molecule has 0 radical (unpaired) electrons. The molecule has 18 heavy (non-hydrogen) atoms. The lowest BCUT2D eigenvalue weighted by Gasteiger charge is -2.21. The van der Waals surface area contributed by atoms with E-state index in [1.807, 2.05) is 0 Å². The Balaban J connectivity index is 1.45. The van der Waals surface area contributed by atoms with Crippen molar-refractivity contribution in [3.63, 3.8) is 0 Å². The normalized spacial score (nSPS) is 21.5. The predicted octanol–water partition coefficient (Wildman–Crippen LogP) is 0.848. The molecule has 2 aliphatic carbocycles. The summed E-state index contributed by atoms with van der Waals surface area (Å²) in [6.07, 6.45) is 6.30. The van der Waals surface area contributed by atoms with Gasteiger partial charge < -0.3 is 20.1 Å². The molecule has 4 heteroatoms. The van der Waals surface area contributed by atoms with Crippen LogP contribution in [-0.4, -0.2) is 62.0 Å². The lowest BCUT2D eigenvalue weighted by Crippen LogP contribution is -2.37. The molecule has 2 fully saturated rings. The molecule has 0 aliphatic heterocycles. The fraction of sp³-hybridized carbons (Fsp3) is 1.00. The molecule has 4 nitrogen and oxygen atoms in total. The fourth-order valence-corrected chi connectivity index (χ4v) is 2.05. The summed E-state index contributed by atoms with van der Waals surface area (Å²) in [5, 5.41) is 12.8. The zero-order valence-electron chi connectivity index (χ0n) is 11.6. The molecule has 0 aromatic heterocycles. The van der Waals surface area contributed by atoms with Gasteiger partial charge >= 0.3 is 0 Å². The van der Waals surface area contributed by atoms with E-state index in [1.54, 1.807) is 0 Å². The predicted molar refractivity (Wildman–Crippen MR) is 72.7 cm³/mol. The summed E-state index contributed by atoms with van der Waals surface area (Å²) < 4.78 is 5.63. The molecule has 0 spiro atoms. The van der Waals surface area contributed by atoms with E-state index in [0.717, 1.165) is 38.6 Å². The summed E-state index contributed by atoms with van der Waals surface area (Å²) in [6.45, 7) is 4.07. The van der Waals surface area contributed by atoms with Gasteiger partial charge in [0.05, 0.1) is 13.2 Å². The van der Waals surface area contributed by atoms with Crippen LogP contribution in [0.2, 0.25) is 0 Å². The third-order valence-corrected chi connectivity index (χ3v) is 3.80. The van der Waals surface area contributed by atoms with Crippen molar-refractivity contribution in [2.75, 3.05) is 40.0 Å². The van der Waals surface area contributed by atoms with Crippen LogP contribution >= 0.6 is 0 Å². The first-order chi connectivity index (χ1) is 8.78. The van der Waals surface area contributed by atoms with E-state index in [9.17, 15) is 5.11 Å². The molecule has 2 aliphatic rings. The Morgan fingerprint density at radius 1 is 1.28 bits per heavy atom. The highest BCUT2D eigenvalue weighted by atomic mass is 16.5. The molecule has 2 N–H and O–H groups in total. The van der Waals surface area contributed by atoms with Gasteiger partial charge in [-0.25, -0.2) is 0 Å². The summed E-state index contributed by atoms with van der Waals surface area (Å²) >= 11 is 0. The van der Waals surface area contributed by atoms with E-state index in [-0.39, 0.29) is 12.6 Å². The van der Waals surface area contributed by atoms with Gasteiger partial charge in [-0.1, -0.05) is 0 Å². The average molecular weight is 256 g/mol. The van der Waals surface area contributed by atoms with E-state index in [4.69, 9.17) is 4.74 Å². The van der Waals surface area contributed by atoms with Crippen molar-refractivity contribution in [1.29, 1.82) is 0 Å². The minimum atomic E-state index is 0.252. The van der Waals surface area contributed by atoms with Gasteiger partial charge in [0.25, 0.3) is 0 Å². The smallest absolute Gasteiger partial charge is 0.0593 e. The van der Waals surface area contributed by atoms with Crippen LogP contribution in [0, 0.1) is 5.92 Å². The van der Waals surface area contributed by atoms with Gasteiger partial charge in [-0.15, -0.1) is 0 Å². The Morgan fingerprint density at radius 2 is 2.06 bits per heavy atom. The Hall–Kier alpha value is -0.160. The summed E-state index contributed by atoms with van der Waals surface area (Å²) in [7, 11) is 2.13. The largest absolute Gasteiger partial charge is 0.395 e. The SMILES string of the molecule is CN(CCOCC1CC1)CCC(CO)NC1CC1. The van der Waals surface area contributed by atoms with Crippen molar-refractivity contribution in [3.8, 4) is 0 Å². The quantitative estimate of drug-likeness (QED) is 0.538. The van der Waals surface area contributed by atoms with Crippen molar-refractivity contribution < 1.29 is 9.84 Å². The molecule has 0 heterocycles. The average Bonchev–Trinajstić information content (AvgIpc) is 3.25. The molecule has 106 valence electrons. The van der Waals surface area contributed by atoms with Crippen LogP contribution in [0.5, 0.6) is 0 Å². The number of hydrogen-bond acceptors (Lipinski definition) is 4. The maximum atomic E-state index is 9.29. The number of aliphatic hydroxyl groups excluding tert-OH is 1. The van der Waals surface area contributed by atoms with E-state index in [1.165, 1.54) is 25.7 Å². The van der Waals surface area contributed by atoms with Gasteiger partial charge in [-0.3, -0.25) is 0 Å². The highest BCUT2D eigenvalue weighted by Crippen LogP contribution is 2.28. The van der Waals surface area contributed by atoms with Gasteiger partial charge in [-0.05, 0) is 51.6 Å². The molecular formula is C14H28N2O2. The number of nitrogens with one attached hydrogen (secondary N) is 1. The molecule has 0 saturated heterocycles. The molecule has 1 unspecified atom stereocenters. The van der Waals surface area contributed by atoms with Crippen molar-refractivity contribution in [1.82, 2.24) is 10.2 Å². The topological polar surface area (TPSA) is 44.7 Å². The van der Waals surface area contributed by atoms with Crippen molar-refractivity contribution in [3.05, 3.63) is 0 Å². The van der Waals surface area contributed by atoms with Gasteiger partial charge in [0.2, 0.25) is 0 Å². The molecule has 0 amide bonds. The van der Waals surface area contributed by atoms with Gasteiger partial charge in [-0.2, -0.15) is 0 Å².